The van der Waals surface area contributed by atoms with Crippen LogP contribution in [-0.2, 0) is 14.2 Å². The molecule has 0 spiro atoms. The molecule has 11 heteroatoms. The minimum atomic E-state index is -0.879. The third-order valence-corrected chi connectivity index (χ3v) is 3.07. The van der Waals surface area contributed by atoms with Gasteiger partial charge in [0.25, 0.3) is 0 Å². The van der Waals surface area contributed by atoms with Crippen molar-refractivity contribution in [1.29, 1.82) is 0 Å². The molecular formula is C11H19N4O7+. The van der Waals surface area contributed by atoms with Gasteiger partial charge in [-0.3, -0.25) is 0 Å². The van der Waals surface area contributed by atoms with Gasteiger partial charge in [0, 0.05) is 18.0 Å². The summed E-state index contributed by atoms with van der Waals surface area (Å²) in [7, 11) is 3.50. The Bertz CT molecular complexity index is 473. The van der Waals surface area contributed by atoms with Gasteiger partial charge in [0.1, 0.15) is 0 Å². The standard InChI is InChI=1S/C11H18N4O7/c1-13(10(16)20-2)9(12-15(18)19)14(11(17)21-3)6-8-4-5-22-7-8/h8H,4-7H2,1-3H3/p+1. The number of amides is 2. The number of methoxy groups -OCH3 is 2. The van der Waals surface area contributed by atoms with Crippen LogP contribution >= 0.6 is 0 Å². The molecule has 1 atom stereocenters. The predicted octanol–water partition coefficient (Wildman–Crippen LogP) is -0.363. The van der Waals surface area contributed by atoms with E-state index in [2.05, 4.69) is 9.47 Å². The maximum Gasteiger partial charge on any atom is 0.478 e. The van der Waals surface area contributed by atoms with E-state index < -0.39 is 17.2 Å². The Kier molecular flexibility index (Phi) is 6.50. The van der Waals surface area contributed by atoms with E-state index in [0.717, 1.165) is 23.7 Å². The van der Waals surface area contributed by atoms with E-state index >= 15 is 0 Å². The summed E-state index contributed by atoms with van der Waals surface area (Å²) in [6, 6.07) is 0. The van der Waals surface area contributed by atoms with Crippen LogP contribution in [0.5, 0.6) is 0 Å². The molecule has 0 saturated carbocycles. The minimum Gasteiger partial charge on any atom is -0.441 e. The van der Waals surface area contributed by atoms with Crippen molar-refractivity contribution >= 4 is 18.1 Å². The molecular weight excluding hydrogens is 300 g/mol. The van der Waals surface area contributed by atoms with Gasteiger partial charge in [0.2, 0.25) is 5.03 Å². The third kappa shape index (κ3) is 4.55. The molecule has 1 N–H and O–H groups in total. The van der Waals surface area contributed by atoms with Crippen molar-refractivity contribution in [3.05, 3.63) is 10.1 Å². The topological polar surface area (TPSA) is 123 Å². The van der Waals surface area contributed by atoms with Crippen molar-refractivity contribution in [1.82, 2.24) is 10.3 Å². The zero-order chi connectivity index (χ0) is 16.7. The molecule has 0 aromatic rings. The van der Waals surface area contributed by atoms with E-state index in [-0.39, 0.29) is 18.4 Å². The Morgan fingerprint density at radius 1 is 1.41 bits per heavy atom. The van der Waals surface area contributed by atoms with Crippen molar-refractivity contribution in [2.45, 2.75) is 6.42 Å². The highest BCUT2D eigenvalue weighted by atomic mass is 16.7. The first-order valence-corrected chi connectivity index (χ1v) is 6.43. The molecule has 22 heavy (non-hydrogen) atoms. The summed E-state index contributed by atoms with van der Waals surface area (Å²) in [4.78, 5) is 35.3. The predicted molar refractivity (Wildman–Crippen MR) is 71.8 cm³/mol. The van der Waals surface area contributed by atoms with Crippen LogP contribution in [0.15, 0.2) is 0 Å². The number of nitrogens with one attached hydrogen (secondary N) is 1. The molecule has 0 aromatic carbocycles. The van der Waals surface area contributed by atoms with Crippen LogP contribution in [0.25, 0.3) is 0 Å². The third-order valence-electron chi connectivity index (χ3n) is 3.07. The second kappa shape index (κ2) is 8.12. The fourth-order valence-corrected chi connectivity index (χ4v) is 1.96. The van der Waals surface area contributed by atoms with Gasteiger partial charge in [-0.05, 0) is 6.42 Å². The number of nitro groups is 1. The van der Waals surface area contributed by atoms with E-state index in [0.29, 0.717) is 19.6 Å². The van der Waals surface area contributed by atoms with Crippen LogP contribution in [-0.4, -0.2) is 73.7 Å². The maximum absolute atomic E-state index is 11.9. The van der Waals surface area contributed by atoms with Gasteiger partial charge in [-0.1, -0.05) is 0 Å². The quantitative estimate of drug-likeness (QED) is 0.246. The lowest BCUT2D eigenvalue weighted by Crippen LogP contribution is -2.53. The highest BCUT2D eigenvalue weighted by Gasteiger charge is 2.38. The van der Waals surface area contributed by atoms with Crippen LogP contribution in [0.1, 0.15) is 6.42 Å². The van der Waals surface area contributed by atoms with Crippen LogP contribution < -0.4 is 5.43 Å². The van der Waals surface area contributed by atoms with E-state index in [9.17, 15) is 19.7 Å². The summed E-state index contributed by atoms with van der Waals surface area (Å²) in [6.07, 6.45) is -1.02. The van der Waals surface area contributed by atoms with Gasteiger partial charge in [0.15, 0.2) is 0 Å². The van der Waals surface area contributed by atoms with E-state index in [1.165, 1.54) is 7.05 Å². The maximum atomic E-state index is 11.9. The molecule has 124 valence electrons. The summed E-state index contributed by atoms with van der Waals surface area (Å²) >= 11 is 0. The number of rotatable bonds is 3. The monoisotopic (exact) mass is 319 g/mol. The first kappa shape index (κ1) is 17.6. The molecule has 0 radical (unpaired) electrons. The lowest BCUT2D eigenvalue weighted by molar-refractivity contribution is -0.541. The summed E-state index contributed by atoms with van der Waals surface area (Å²) in [5.41, 5.74) is 1.83. The Morgan fingerprint density at radius 3 is 2.55 bits per heavy atom. The summed E-state index contributed by atoms with van der Waals surface area (Å²) in [5, 5.41) is 9.89. The summed E-state index contributed by atoms with van der Waals surface area (Å²) in [5.74, 6) is -0.385. The number of carbonyl (C=O) groups is 2. The van der Waals surface area contributed by atoms with Gasteiger partial charge < -0.3 is 14.2 Å². The number of hydrazine groups is 1. The van der Waals surface area contributed by atoms with Crippen LogP contribution in [0.4, 0.5) is 9.59 Å². The van der Waals surface area contributed by atoms with E-state index in [1.807, 2.05) is 5.43 Å². The van der Waals surface area contributed by atoms with Crippen LogP contribution in [0.3, 0.4) is 0 Å². The first-order chi connectivity index (χ1) is 10.4. The number of ether oxygens (including phenoxy) is 3. The van der Waals surface area contributed by atoms with E-state index in [1.54, 1.807) is 0 Å². The highest BCUT2D eigenvalue weighted by molar-refractivity contribution is 5.92. The SMILES string of the molecule is COC(=O)N(CC1CCOC1)C(N[N+](=O)[O-])=[N+](C)C(=O)OC. The number of nitrogens with zero attached hydrogens (tertiary/aromatic N) is 3. The lowest BCUT2D eigenvalue weighted by atomic mass is 10.1. The smallest absolute Gasteiger partial charge is 0.441 e. The van der Waals surface area contributed by atoms with Gasteiger partial charge in [0.05, 0.1) is 34.4 Å². The summed E-state index contributed by atoms with van der Waals surface area (Å²) in [6.45, 7) is 1.07. The fraction of sp³-hybridized carbons (Fsp3) is 0.727. The van der Waals surface area contributed by atoms with Crippen molar-refractivity contribution in [3.8, 4) is 0 Å². The molecule has 1 aliphatic heterocycles. The largest absolute Gasteiger partial charge is 0.478 e. The Morgan fingerprint density at radius 2 is 2.09 bits per heavy atom. The molecule has 1 unspecified atom stereocenters. The summed E-state index contributed by atoms with van der Waals surface area (Å²) < 4.78 is 15.2. The van der Waals surface area contributed by atoms with E-state index in [4.69, 9.17) is 4.74 Å². The van der Waals surface area contributed by atoms with Gasteiger partial charge in [-0.2, -0.15) is 9.48 Å². The molecule has 0 bridgehead atoms. The Balaban J connectivity index is 3.13. The van der Waals surface area contributed by atoms with Crippen molar-refractivity contribution < 1.29 is 33.4 Å². The second-order valence-corrected chi connectivity index (χ2v) is 4.53. The zero-order valence-corrected chi connectivity index (χ0v) is 12.6. The normalized spacial score (nSPS) is 18.2. The molecule has 0 aromatic heterocycles. The lowest BCUT2D eigenvalue weighted by Gasteiger charge is -2.18. The van der Waals surface area contributed by atoms with Crippen LogP contribution in [0.2, 0.25) is 0 Å². The molecule has 1 rings (SSSR count). The molecule has 1 heterocycles. The minimum absolute atomic E-state index is 0.0197. The zero-order valence-electron chi connectivity index (χ0n) is 12.6. The number of hydrogen-bond acceptors (Lipinski definition) is 7. The van der Waals surface area contributed by atoms with Gasteiger partial charge in [-0.25, -0.2) is 19.7 Å². The molecule has 1 aliphatic rings. The molecule has 1 saturated heterocycles. The number of guanidine groups is 1. The van der Waals surface area contributed by atoms with Crippen molar-refractivity contribution in [3.63, 3.8) is 0 Å². The average molecular weight is 319 g/mol. The highest BCUT2D eigenvalue weighted by Crippen LogP contribution is 2.14. The van der Waals surface area contributed by atoms with Gasteiger partial charge >= 0.3 is 18.1 Å². The molecule has 11 nitrogen and oxygen atoms in total. The van der Waals surface area contributed by atoms with Gasteiger partial charge in [-0.15, -0.1) is 0 Å². The molecule has 0 aliphatic carbocycles. The van der Waals surface area contributed by atoms with Crippen molar-refractivity contribution in [2.24, 2.45) is 5.92 Å². The fourth-order valence-electron chi connectivity index (χ4n) is 1.96. The van der Waals surface area contributed by atoms with Crippen LogP contribution in [0, 0.1) is 16.0 Å². The Labute approximate surface area is 126 Å². The molecule has 2 amide bonds. The number of carbonyl (C=O) groups excluding carboxylic acids is 2. The second-order valence-electron chi connectivity index (χ2n) is 4.53. The van der Waals surface area contributed by atoms with Crippen molar-refractivity contribution in [2.75, 3.05) is 41.0 Å². The molecule has 1 fully saturated rings. The first-order valence-electron chi connectivity index (χ1n) is 6.43. The average Bonchev–Trinajstić information content (AvgIpc) is 3.01. The Hall–Kier alpha value is -2.43. The number of hydrogen-bond donors (Lipinski definition) is 1.